The number of hydrogen-bond acceptors (Lipinski definition) is 7. The molecule has 0 aliphatic heterocycles. The van der Waals surface area contributed by atoms with Crippen LogP contribution in [0.3, 0.4) is 0 Å². The van der Waals surface area contributed by atoms with Crippen LogP contribution in [0.25, 0.3) is 0 Å². The largest absolute Gasteiger partial charge is 0.301 e. The van der Waals surface area contributed by atoms with E-state index in [0.29, 0.717) is 22.4 Å². The second-order valence-corrected chi connectivity index (χ2v) is 6.80. The van der Waals surface area contributed by atoms with Crippen molar-refractivity contribution >= 4 is 34.1 Å². The van der Waals surface area contributed by atoms with Crippen LogP contribution in [0, 0.1) is 6.92 Å². The van der Waals surface area contributed by atoms with Crippen molar-refractivity contribution in [1.29, 1.82) is 0 Å². The summed E-state index contributed by atoms with van der Waals surface area (Å²) in [6.45, 7) is 5.63. The highest BCUT2D eigenvalue weighted by atomic mass is 32.2. The van der Waals surface area contributed by atoms with Crippen LogP contribution in [-0.2, 0) is 11.2 Å². The lowest BCUT2D eigenvalue weighted by Crippen LogP contribution is -2.25. The number of amides is 1. The summed E-state index contributed by atoms with van der Waals surface area (Å²) < 4.78 is 0. The number of aryl methyl sites for hydroxylation is 2. The van der Waals surface area contributed by atoms with Crippen molar-refractivity contribution in [2.45, 2.75) is 44.0 Å². The fourth-order valence-electron chi connectivity index (χ4n) is 1.70. The van der Waals surface area contributed by atoms with E-state index in [9.17, 15) is 9.59 Å². The molecule has 2 heterocycles. The van der Waals surface area contributed by atoms with Crippen molar-refractivity contribution in [3.05, 3.63) is 27.1 Å². The highest BCUT2D eigenvalue weighted by Crippen LogP contribution is 2.24. The van der Waals surface area contributed by atoms with Gasteiger partial charge in [0, 0.05) is 11.8 Å². The van der Waals surface area contributed by atoms with E-state index in [1.807, 2.05) is 13.8 Å². The first-order valence-electron chi connectivity index (χ1n) is 6.89. The summed E-state index contributed by atoms with van der Waals surface area (Å²) in [6, 6.07) is 1.42. The number of anilines is 1. The Labute approximate surface area is 136 Å². The molecule has 118 valence electrons. The van der Waals surface area contributed by atoms with Crippen LogP contribution in [0.1, 0.15) is 31.0 Å². The quantitative estimate of drug-likeness (QED) is 0.617. The number of thioether (sulfide) groups is 1. The first kappa shape index (κ1) is 16.6. The number of nitrogens with zero attached hydrogens (tertiary/aromatic N) is 3. The Hall–Kier alpha value is -1.74. The molecule has 0 aliphatic rings. The molecule has 1 atom stereocenters. The van der Waals surface area contributed by atoms with Crippen LogP contribution in [0.4, 0.5) is 5.13 Å². The summed E-state index contributed by atoms with van der Waals surface area (Å²) in [6.07, 6.45) is 1.39. The SMILES string of the molecule is CCc1nnc(NC(=O)C(CC)Sc2nc(C)cc(=O)[nH]2)s1. The number of aromatic amines is 1. The van der Waals surface area contributed by atoms with E-state index in [0.717, 1.165) is 11.4 Å². The van der Waals surface area contributed by atoms with Gasteiger partial charge < -0.3 is 4.98 Å². The van der Waals surface area contributed by atoms with Crippen LogP contribution in [0.5, 0.6) is 0 Å². The van der Waals surface area contributed by atoms with Crippen LogP contribution in [0.15, 0.2) is 16.0 Å². The lowest BCUT2D eigenvalue weighted by molar-refractivity contribution is -0.115. The number of hydrogen-bond donors (Lipinski definition) is 2. The number of carbonyl (C=O) groups excluding carboxylic acids is 1. The van der Waals surface area contributed by atoms with Gasteiger partial charge in [0.05, 0.1) is 5.25 Å². The minimum Gasteiger partial charge on any atom is -0.301 e. The third kappa shape index (κ3) is 4.38. The molecule has 2 rings (SSSR count). The van der Waals surface area contributed by atoms with Crippen LogP contribution in [0.2, 0.25) is 0 Å². The van der Waals surface area contributed by atoms with Gasteiger partial charge in [0.2, 0.25) is 11.0 Å². The van der Waals surface area contributed by atoms with E-state index < -0.39 is 0 Å². The fraction of sp³-hybridized carbons (Fsp3) is 0.462. The maximum Gasteiger partial charge on any atom is 0.251 e. The molecule has 0 fully saturated rings. The van der Waals surface area contributed by atoms with Crippen LogP contribution < -0.4 is 10.9 Å². The standard InChI is InChI=1S/C13H17N5O2S2/c1-4-8(21-12-14-7(3)6-9(19)15-12)11(20)16-13-18-17-10(5-2)22-13/h6,8H,4-5H2,1-3H3,(H,14,15,19)(H,16,18,20). The fourth-order valence-corrected chi connectivity index (χ4v) is 3.34. The molecular weight excluding hydrogens is 322 g/mol. The normalized spacial score (nSPS) is 12.1. The third-order valence-electron chi connectivity index (χ3n) is 2.76. The topological polar surface area (TPSA) is 101 Å². The van der Waals surface area contributed by atoms with Gasteiger partial charge in [-0.3, -0.25) is 14.9 Å². The number of rotatable bonds is 6. The predicted molar refractivity (Wildman–Crippen MR) is 87.4 cm³/mol. The molecule has 0 saturated carbocycles. The zero-order chi connectivity index (χ0) is 16.1. The maximum absolute atomic E-state index is 12.3. The molecule has 7 nitrogen and oxygen atoms in total. The van der Waals surface area contributed by atoms with E-state index in [4.69, 9.17) is 0 Å². The highest BCUT2D eigenvalue weighted by molar-refractivity contribution is 8.00. The lowest BCUT2D eigenvalue weighted by atomic mass is 10.3. The third-order valence-corrected chi connectivity index (χ3v) is 5.00. The Balaban J connectivity index is 2.06. The van der Waals surface area contributed by atoms with Gasteiger partial charge in [-0.25, -0.2) is 4.98 Å². The molecule has 22 heavy (non-hydrogen) atoms. The van der Waals surface area contributed by atoms with Gasteiger partial charge in [-0.05, 0) is 19.8 Å². The van der Waals surface area contributed by atoms with Gasteiger partial charge in [-0.15, -0.1) is 10.2 Å². The van der Waals surface area contributed by atoms with Crippen molar-refractivity contribution in [1.82, 2.24) is 20.2 Å². The van der Waals surface area contributed by atoms with Gasteiger partial charge in [0.25, 0.3) is 5.56 Å². The molecule has 0 bridgehead atoms. The summed E-state index contributed by atoms with van der Waals surface area (Å²) in [5.74, 6) is -0.171. The average Bonchev–Trinajstić information content (AvgIpc) is 2.91. The van der Waals surface area contributed by atoms with E-state index >= 15 is 0 Å². The van der Waals surface area contributed by atoms with Crippen molar-refractivity contribution in [3.8, 4) is 0 Å². The molecule has 1 amide bonds. The molecular formula is C13H17N5O2S2. The molecule has 0 aromatic carbocycles. The number of H-pyrrole nitrogens is 1. The first-order chi connectivity index (χ1) is 10.5. The monoisotopic (exact) mass is 339 g/mol. The number of carbonyl (C=O) groups is 1. The van der Waals surface area contributed by atoms with Crippen molar-refractivity contribution in [3.63, 3.8) is 0 Å². The second-order valence-electron chi connectivity index (χ2n) is 4.55. The Morgan fingerprint density at radius 2 is 2.23 bits per heavy atom. The minimum absolute atomic E-state index is 0.171. The molecule has 0 spiro atoms. The van der Waals surface area contributed by atoms with Gasteiger partial charge >= 0.3 is 0 Å². The summed E-state index contributed by atoms with van der Waals surface area (Å²) in [7, 11) is 0. The predicted octanol–water partition coefficient (Wildman–Crippen LogP) is 2.00. The molecule has 2 N–H and O–H groups in total. The minimum atomic E-state index is -0.362. The van der Waals surface area contributed by atoms with E-state index in [2.05, 4.69) is 25.5 Å². The highest BCUT2D eigenvalue weighted by Gasteiger charge is 2.20. The van der Waals surface area contributed by atoms with Crippen LogP contribution >= 0.6 is 23.1 Å². The molecule has 0 saturated heterocycles. The van der Waals surface area contributed by atoms with Crippen LogP contribution in [-0.4, -0.2) is 31.3 Å². The smallest absolute Gasteiger partial charge is 0.251 e. The Kier molecular flexibility index (Phi) is 5.67. The second kappa shape index (κ2) is 7.50. The van der Waals surface area contributed by atoms with E-state index in [1.165, 1.54) is 29.2 Å². The zero-order valence-corrected chi connectivity index (χ0v) is 14.2. The Morgan fingerprint density at radius 1 is 1.45 bits per heavy atom. The molecule has 2 aromatic rings. The maximum atomic E-state index is 12.3. The number of nitrogens with one attached hydrogen (secondary N) is 2. The molecule has 0 radical (unpaired) electrons. The molecule has 2 aromatic heterocycles. The van der Waals surface area contributed by atoms with Gasteiger partial charge in [-0.1, -0.05) is 36.9 Å². The summed E-state index contributed by atoms with van der Waals surface area (Å²) >= 11 is 2.60. The average molecular weight is 339 g/mol. The Morgan fingerprint density at radius 3 is 2.82 bits per heavy atom. The summed E-state index contributed by atoms with van der Waals surface area (Å²) in [4.78, 5) is 30.6. The Bertz CT molecular complexity index is 712. The van der Waals surface area contributed by atoms with Gasteiger partial charge in [0.15, 0.2) is 5.16 Å². The van der Waals surface area contributed by atoms with Gasteiger partial charge in [-0.2, -0.15) is 0 Å². The lowest BCUT2D eigenvalue weighted by Gasteiger charge is -2.12. The van der Waals surface area contributed by atoms with E-state index in [1.54, 1.807) is 6.92 Å². The first-order valence-corrected chi connectivity index (χ1v) is 8.59. The molecule has 1 unspecified atom stereocenters. The van der Waals surface area contributed by atoms with Crippen molar-refractivity contribution in [2.75, 3.05) is 5.32 Å². The zero-order valence-electron chi connectivity index (χ0n) is 12.5. The summed E-state index contributed by atoms with van der Waals surface area (Å²) in [5, 5.41) is 12.1. The molecule has 0 aliphatic carbocycles. The molecule has 9 heteroatoms. The summed E-state index contributed by atoms with van der Waals surface area (Å²) in [5.41, 5.74) is 0.403. The van der Waals surface area contributed by atoms with E-state index in [-0.39, 0.29) is 16.7 Å². The van der Waals surface area contributed by atoms with Gasteiger partial charge in [0.1, 0.15) is 5.01 Å². The van der Waals surface area contributed by atoms with Crippen molar-refractivity contribution < 1.29 is 4.79 Å². The number of aromatic nitrogens is 4. The van der Waals surface area contributed by atoms with Crippen molar-refractivity contribution in [2.24, 2.45) is 0 Å².